The number of aliphatic hydroxyl groups is 1. The molecule has 0 amide bonds. The van der Waals surface area contributed by atoms with Crippen LogP contribution in [0.5, 0.6) is 0 Å². The second-order valence-corrected chi connectivity index (χ2v) is 5.69. The van der Waals surface area contributed by atoms with E-state index in [0.717, 1.165) is 12.3 Å². The average molecular weight is 210 g/mol. The first kappa shape index (κ1) is 11.4. The lowest BCUT2D eigenvalue weighted by Crippen LogP contribution is -2.19. The molecule has 2 aliphatic rings. The number of rotatable bonds is 4. The molecule has 0 aliphatic heterocycles. The summed E-state index contributed by atoms with van der Waals surface area (Å²) in [7, 11) is 0. The van der Waals surface area contributed by atoms with Crippen molar-refractivity contribution in [3.8, 4) is 0 Å². The van der Waals surface area contributed by atoms with E-state index in [1.807, 2.05) is 0 Å². The van der Waals surface area contributed by atoms with E-state index < -0.39 is 0 Å². The minimum Gasteiger partial charge on any atom is -0.393 e. The van der Waals surface area contributed by atoms with Crippen molar-refractivity contribution in [2.24, 2.45) is 11.8 Å². The van der Waals surface area contributed by atoms with Crippen molar-refractivity contribution in [1.29, 1.82) is 0 Å². The second-order valence-electron chi connectivity index (χ2n) is 5.69. The molecule has 15 heavy (non-hydrogen) atoms. The van der Waals surface area contributed by atoms with Gasteiger partial charge in [0.05, 0.1) is 6.10 Å². The van der Waals surface area contributed by atoms with Gasteiger partial charge in [0, 0.05) is 0 Å². The van der Waals surface area contributed by atoms with Crippen molar-refractivity contribution in [1.82, 2.24) is 0 Å². The molecule has 1 unspecified atom stereocenters. The van der Waals surface area contributed by atoms with Gasteiger partial charge in [-0.15, -0.1) is 0 Å². The van der Waals surface area contributed by atoms with Crippen LogP contribution in [0.25, 0.3) is 0 Å². The molecule has 2 aliphatic carbocycles. The highest BCUT2D eigenvalue weighted by atomic mass is 16.3. The molecule has 2 saturated carbocycles. The van der Waals surface area contributed by atoms with E-state index in [0.29, 0.717) is 5.92 Å². The molecular formula is C14H26O. The van der Waals surface area contributed by atoms with E-state index in [1.54, 1.807) is 0 Å². The lowest BCUT2D eigenvalue weighted by Gasteiger charge is -2.24. The highest BCUT2D eigenvalue weighted by Gasteiger charge is 2.24. The highest BCUT2D eigenvalue weighted by Crippen LogP contribution is 2.32. The smallest absolute Gasteiger partial charge is 0.0568 e. The lowest BCUT2D eigenvalue weighted by molar-refractivity contribution is 0.0918. The molecule has 0 aromatic rings. The van der Waals surface area contributed by atoms with Gasteiger partial charge in [-0.3, -0.25) is 0 Å². The summed E-state index contributed by atoms with van der Waals surface area (Å²) in [6.07, 6.45) is 14.8. The van der Waals surface area contributed by atoms with Crippen LogP contribution in [0, 0.1) is 11.8 Å². The molecule has 0 saturated heterocycles. The summed E-state index contributed by atoms with van der Waals surface area (Å²) >= 11 is 0. The molecule has 0 heterocycles. The van der Waals surface area contributed by atoms with Gasteiger partial charge in [0.25, 0.3) is 0 Å². The topological polar surface area (TPSA) is 20.2 Å². The van der Waals surface area contributed by atoms with Crippen molar-refractivity contribution >= 4 is 0 Å². The first-order valence-electron chi connectivity index (χ1n) is 7.04. The molecule has 88 valence electrons. The molecule has 0 aromatic carbocycles. The number of aliphatic hydroxyl groups excluding tert-OH is 1. The van der Waals surface area contributed by atoms with Gasteiger partial charge in [-0.1, -0.05) is 44.9 Å². The molecule has 1 nitrogen and oxygen atoms in total. The lowest BCUT2D eigenvalue weighted by atomic mass is 9.84. The fraction of sp³-hybridized carbons (Fsp3) is 1.00. The van der Waals surface area contributed by atoms with Gasteiger partial charge in [-0.2, -0.15) is 0 Å². The molecule has 1 atom stereocenters. The Bertz CT molecular complexity index is 166. The van der Waals surface area contributed by atoms with Crippen LogP contribution in [-0.4, -0.2) is 11.2 Å². The Labute approximate surface area is 94.3 Å². The van der Waals surface area contributed by atoms with Crippen LogP contribution >= 0.6 is 0 Å². The average Bonchev–Trinajstić information content (AvgIpc) is 2.81. The molecule has 2 rings (SSSR count). The van der Waals surface area contributed by atoms with Gasteiger partial charge in [0.1, 0.15) is 0 Å². The number of hydrogen-bond acceptors (Lipinski definition) is 1. The van der Waals surface area contributed by atoms with Crippen LogP contribution in [0.4, 0.5) is 0 Å². The molecule has 0 spiro atoms. The number of hydrogen-bond donors (Lipinski definition) is 1. The van der Waals surface area contributed by atoms with Crippen LogP contribution in [0.3, 0.4) is 0 Å². The standard InChI is InChI=1S/C14H26O/c15-14(13-8-4-5-9-13)11-10-12-6-2-1-3-7-12/h12-15H,1-11H2. The first-order chi connectivity index (χ1) is 7.36. The minimum atomic E-state index is 0.0226. The molecule has 2 fully saturated rings. The normalized spacial score (nSPS) is 27.0. The molecular weight excluding hydrogens is 184 g/mol. The fourth-order valence-electron chi connectivity index (χ4n) is 3.46. The third-order valence-electron chi connectivity index (χ3n) is 4.54. The van der Waals surface area contributed by atoms with Crippen LogP contribution in [0.2, 0.25) is 0 Å². The summed E-state index contributed by atoms with van der Waals surface area (Å²) in [5, 5.41) is 10.1. The van der Waals surface area contributed by atoms with E-state index in [2.05, 4.69) is 0 Å². The Hall–Kier alpha value is -0.0400. The van der Waals surface area contributed by atoms with Crippen molar-refractivity contribution in [3.05, 3.63) is 0 Å². The van der Waals surface area contributed by atoms with Gasteiger partial charge in [-0.05, 0) is 37.5 Å². The SMILES string of the molecule is OC(CCC1CCCCC1)C1CCCC1. The highest BCUT2D eigenvalue weighted by molar-refractivity contribution is 4.76. The summed E-state index contributed by atoms with van der Waals surface area (Å²) in [5.41, 5.74) is 0. The molecule has 0 bridgehead atoms. The van der Waals surface area contributed by atoms with E-state index in [-0.39, 0.29) is 6.10 Å². The van der Waals surface area contributed by atoms with E-state index in [4.69, 9.17) is 0 Å². The van der Waals surface area contributed by atoms with Crippen molar-refractivity contribution in [2.45, 2.75) is 76.7 Å². The van der Waals surface area contributed by atoms with Crippen LogP contribution < -0.4 is 0 Å². The van der Waals surface area contributed by atoms with Crippen LogP contribution in [0.1, 0.15) is 70.6 Å². The van der Waals surface area contributed by atoms with Crippen molar-refractivity contribution in [2.75, 3.05) is 0 Å². The first-order valence-corrected chi connectivity index (χ1v) is 7.04. The maximum atomic E-state index is 10.1. The third-order valence-corrected chi connectivity index (χ3v) is 4.54. The molecule has 1 N–H and O–H groups in total. The Morgan fingerprint density at radius 3 is 2.13 bits per heavy atom. The fourth-order valence-corrected chi connectivity index (χ4v) is 3.46. The summed E-state index contributed by atoms with van der Waals surface area (Å²) in [5.74, 6) is 1.59. The zero-order valence-electron chi connectivity index (χ0n) is 9.96. The zero-order valence-corrected chi connectivity index (χ0v) is 9.96. The summed E-state index contributed by atoms with van der Waals surface area (Å²) in [6.45, 7) is 0. The monoisotopic (exact) mass is 210 g/mol. The molecule has 0 aromatic heterocycles. The quantitative estimate of drug-likeness (QED) is 0.746. The van der Waals surface area contributed by atoms with Gasteiger partial charge >= 0.3 is 0 Å². The van der Waals surface area contributed by atoms with Gasteiger partial charge in [-0.25, -0.2) is 0 Å². The van der Waals surface area contributed by atoms with Gasteiger partial charge in [0.2, 0.25) is 0 Å². The van der Waals surface area contributed by atoms with E-state index in [1.165, 1.54) is 64.2 Å². The predicted octanol–water partition coefficient (Wildman–Crippen LogP) is 3.90. The maximum absolute atomic E-state index is 10.1. The Kier molecular flexibility index (Phi) is 4.49. The van der Waals surface area contributed by atoms with E-state index >= 15 is 0 Å². The van der Waals surface area contributed by atoms with Crippen LogP contribution in [-0.2, 0) is 0 Å². The largest absolute Gasteiger partial charge is 0.393 e. The van der Waals surface area contributed by atoms with Gasteiger partial charge in [0.15, 0.2) is 0 Å². The third kappa shape index (κ3) is 3.48. The van der Waals surface area contributed by atoms with E-state index in [9.17, 15) is 5.11 Å². The van der Waals surface area contributed by atoms with Crippen molar-refractivity contribution < 1.29 is 5.11 Å². The predicted molar refractivity (Wildman–Crippen MR) is 63.8 cm³/mol. The second kappa shape index (κ2) is 5.89. The summed E-state index contributed by atoms with van der Waals surface area (Å²) < 4.78 is 0. The Morgan fingerprint density at radius 1 is 0.867 bits per heavy atom. The maximum Gasteiger partial charge on any atom is 0.0568 e. The summed E-state index contributed by atoms with van der Waals surface area (Å²) in [4.78, 5) is 0. The van der Waals surface area contributed by atoms with Crippen LogP contribution in [0.15, 0.2) is 0 Å². The van der Waals surface area contributed by atoms with Gasteiger partial charge < -0.3 is 5.11 Å². The zero-order chi connectivity index (χ0) is 10.5. The van der Waals surface area contributed by atoms with Crippen molar-refractivity contribution in [3.63, 3.8) is 0 Å². The Balaban J connectivity index is 1.63. The minimum absolute atomic E-state index is 0.0226. The Morgan fingerprint density at radius 2 is 1.47 bits per heavy atom. The molecule has 1 heteroatoms. The summed E-state index contributed by atoms with van der Waals surface area (Å²) in [6, 6.07) is 0. The molecule has 0 radical (unpaired) electrons.